The maximum absolute atomic E-state index is 11.0. The van der Waals surface area contributed by atoms with Gasteiger partial charge in [-0.05, 0) is 45.0 Å². The smallest absolute Gasteiger partial charge is 0.293 e. The Morgan fingerprint density at radius 2 is 1.90 bits per heavy atom. The Bertz CT molecular complexity index is 491. The van der Waals surface area contributed by atoms with Crippen LogP contribution in [0.3, 0.4) is 0 Å². The van der Waals surface area contributed by atoms with Crippen molar-refractivity contribution < 1.29 is 4.92 Å². The molecule has 2 rings (SSSR count). The van der Waals surface area contributed by atoms with E-state index in [1.807, 2.05) is 0 Å². The van der Waals surface area contributed by atoms with E-state index in [-0.39, 0.29) is 10.7 Å². The zero-order valence-electron chi connectivity index (χ0n) is 11.1. The lowest BCUT2D eigenvalue weighted by atomic mass is 10.2. The molecule has 0 radical (unpaired) electrons. The van der Waals surface area contributed by atoms with E-state index in [0.717, 1.165) is 26.1 Å². The standard InChI is InChI=1S/C13H17Cl2N3O2/c14-10-8-12(13(18(19)20)9-11(10)15)16-4-3-7-17-5-1-2-6-17/h8-9,16H,1-7H2. The number of nitro benzene ring substituents is 1. The molecule has 0 aliphatic carbocycles. The second-order valence-electron chi connectivity index (χ2n) is 4.87. The molecule has 1 aliphatic heterocycles. The second-order valence-corrected chi connectivity index (χ2v) is 5.68. The summed E-state index contributed by atoms with van der Waals surface area (Å²) in [6, 6.07) is 2.80. The number of likely N-dealkylation sites (tertiary alicyclic amines) is 1. The predicted molar refractivity (Wildman–Crippen MR) is 81.9 cm³/mol. The van der Waals surface area contributed by atoms with Gasteiger partial charge in [0, 0.05) is 12.6 Å². The van der Waals surface area contributed by atoms with Gasteiger partial charge in [-0.2, -0.15) is 0 Å². The molecule has 1 fully saturated rings. The van der Waals surface area contributed by atoms with Gasteiger partial charge in [0.15, 0.2) is 0 Å². The van der Waals surface area contributed by atoms with Crippen molar-refractivity contribution in [2.75, 3.05) is 31.5 Å². The summed E-state index contributed by atoms with van der Waals surface area (Å²) in [6.45, 7) is 4.01. The maximum Gasteiger partial charge on any atom is 0.293 e. The molecular formula is C13H17Cl2N3O2. The molecule has 0 aromatic heterocycles. The average Bonchev–Trinajstić information content (AvgIpc) is 2.91. The lowest BCUT2D eigenvalue weighted by Crippen LogP contribution is -2.22. The lowest BCUT2D eigenvalue weighted by molar-refractivity contribution is -0.383. The highest BCUT2D eigenvalue weighted by Gasteiger charge is 2.17. The quantitative estimate of drug-likeness (QED) is 0.492. The first-order valence-corrected chi connectivity index (χ1v) is 7.43. The van der Waals surface area contributed by atoms with E-state index in [4.69, 9.17) is 23.2 Å². The SMILES string of the molecule is O=[N+]([O-])c1cc(Cl)c(Cl)cc1NCCCN1CCCC1. The molecule has 5 nitrogen and oxygen atoms in total. The average molecular weight is 318 g/mol. The van der Waals surface area contributed by atoms with Crippen molar-refractivity contribution in [1.82, 2.24) is 4.90 Å². The summed E-state index contributed by atoms with van der Waals surface area (Å²) in [5.41, 5.74) is 0.381. The van der Waals surface area contributed by atoms with Gasteiger partial charge in [0.25, 0.3) is 5.69 Å². The van der Waals surface area contributed by atoms with Gasteiger partial charge in [-0.15, -0.1) is 0 Å². The molecule has 0 unspecified atom stereocenters. The van der Waals surface area contributed by atoms with Crippen LogP contribution in [0.1, 0.15) is 19.3 Å². The van der Waals surface area contributed by atoms with E-state index in [9.17, 15) is 10.1 Å². The Hall–Kier alpha value is -1.04. The van der Waals surface area contributed by atoms with Crippen LogP contribution in [0.15, 0.2) is 12.1 Å². The van der Waals surface area contributed by atoms with Crippen LogP contribution >= 0.6 is 23.2 Å². The molecule has 0 atom stereocenters. The fraction of sp³-hybridized carbons (Fsp3) is 0.538. The number of benzene rings is 1. The number of anilines is 1. The summed E-state index contributed by atoms with van der Waals surface area (Å²) in [5, 5.41) is 14.6. The van der Waals surface area contributed by atoms with Crippen LogP contribution in [0, 0.1) is 10.1 Å². The molecular weight excluding hydrogens is 301 g/mol. The molecule has 1 N–H and O–H groups in total. The van der Waals surface area contributed by atoms with Gasteiger partial charge in [-0.25, -0.2) is 0 Å². The molecule has 110 valence electrons. The summed E-state index contributed by atoms with van der Waals surface area (Å²) in [5.74, 6) is 0. The monoisotopic (exact) mass is 317 g/mol. The van der Waals surface area contributed by atoms with E-state index in [1.165, 1.54) is 25.0 Å². The highest BCUT2D eigenvalue weighted by atomic mass is 35.5. The third-order valence-electron chi connectivity index (χ3n) is 3.40. The summed E-state index contributed by atoms with van der Waals surface area (Å²) in [7, 11) is 0. The van der Waals surface area contributed by atoms with Gasteiger partial charge in [-0.3, -0.25) is 10.1 Å². The van der Waals surface area contributed by atoms with Gasteiger partial charge in [-0.1, -0.05) is 23.2 Å². The molecule has 0 amide bonds. The minimum Gasteiger partial charge on any atom is -0.379 e. The van der Waals surface area contributed by atoms with Crippen LogP contribution in [0.25, 0.3) is 0 Å². The van der Waals surface area contributed by atoms with Crippen molar-refractivity contribution in [3.05, 3.63) is 32.3 Å². The third kappa shape index (κ3) is 3.98. The molecule has 0 bridgehead atoms. The van der Waals surface area contributed by atoms with Gasteiger partial charge in [0.05, 0.1) is 15.0 Å². The minimum atomic E-state index is -0.453. The van der Waals surface area contributed by atoms with Crippen LogP contribution in [-0.4, -0.2) is 36.0 Å². The van der Waals surface area contributed by atoms with Crippen LogP contribution < -0.4 is 5.32 Å². The first-order valence-electron chi connectivity index (χ1n) is 6.67. The normalized spacial score (nSPS) is 15.5. The summed E-state index contributed by atoms with van der Waals surface area (Å²) in [4.78, 5) is 12.9. The van der Waals surface area contributed by atoms with Crippen molar-refractivity contribution in [2.45, 2.75) is 19.3 Å². The van der Waals surface area contributed by atoms with Crippen LogP contribution in [0.4, 0.5) is 11.4 Å². The molecule has 7 heteroatoms. The fourth-order valence-electron chi connectivity index (χ4n) is 2.36. The van der Waals surface area contributed by atoms with Crippen molar-refractivity contribution in [1.29, 1.82) is 0 Å². The Morgan fingerprint density at radius 1 is 1.25 bits per heavy atom. The number of nitrogens with zero attached hydrogens (tertiary/aromatic N) is 2. The lowest BCUT2D eigenvalue weighted by Gasteiger charge is -2.14. The number of nitrogens with one attached hydrogen (secondary N) is 1. The fourth-order valence-corrected chi connectivity index (χ4v) is 2.68. The first-order chi connectivity index (χ1) is 9.58. The third-order valence-corrected chi connectivity index (χ3v) is 4.12. The number of hydrogen-bond acceptors (Lipinski definition) is 4. The van der Waals surface area contributed by atoms with Crippen molar-refractivity contribution in [3.63, 3.8) is 0 Å². The molecule has 1 saturated heterocycles. The summed E-state index contributed by atoms with van der Waals surface area (Å²) < 4.78 is 0. The van der Waals surface area contributed by atoms with E-state index in [2.05, 4.69) is 10.2 Å². The highest BCUT2D eigenvalue weighted by Crippen LogP contribution is 2.33. The van der Waals surface area contributed by atoms with Gasteiger partial charge >= 0.3 is 0 Å². The van der Waals surface area contributed by atoms with Crippen LogP contribution in [0.2, 0.25) is 10.0 Å². The number of rotatable bonds is 6. The molecule has 20 heavy (non-hydrogen) atoms. The second kappa shape index (κ2) is 7.11. The molecule has 0 saturated carbocycles. The molecule has 1 aliphatic rings. The van der Waals surface area contributed by atoms with Gasteiger partial charge in [0.1, 0.15) is 5.69 Å². The summed E-state index contributed by atoms with van der Waals surface area (Å²) >= 11 is 11.7. The van der Waals surface area contributed by atoms with Crippen molar-refractivity contribution in [2.24, 2.45) is 0 Å². The van der Waals surface area contributed by atoms with E-state index < -0.39 is 4.92 Å². The maximum atomic E-state index is 11.0. The zero-order valence-corrected chi connectivity index (χ0v) is 12.6. The van der Waals surface area contributed by atoms with E-state index >= 15 is 0 Å². The molecule has 1 aromatic carbocycles. The highest BCUT2D eigenvalue weighted by molar-refractivity contribution is 6.42. The molecule has 1 aromatic rings. The summed E-state index contributed by atoms with van der Waals surface area (Å²) in [6.07, 6.45) is 3.48. The van der Waals surface area contributed by atoms with Crippen molar-refractivity contribution >= 4 is 34.6 Å². The zero-order chi connectivity index (χ0) is 14.5. The van der Waals surface area contributed by atoms with Gasteiger partial charge < -0.3 is 10.2 Å². The van der Waals surface area contributed by atoms with Crippen molar-refractivity contribution in [3.8, 4) is 0 Å². The first kappa shape index (κ1) is 15.4. The number of halogens is 2. The van der Waals surface area contributed by atoms with E-state index in [0.29, 0.717) is 17.3 Å². The Kier molecular flexibility index (Phi) is 5.46. The molecule has 0 spiro atoms. The van der Waals surface area contributed by atoms with Crippen LogP contribution in [-0.2, 0) is 0 Å². The number of hydrogen-bond donors (Lipinski definition) is 1. The minimum absolute atomic E-state index is 0.0411. The number of nitro groups is 1. The Balaban J connectivity index is 1.90. The Labute approximate surface area is 128 Å². The van der Waals surface area contributed by atoms with E-state index in [1.54, 1.807) is 0 Å². The predicted octanol–water partition coefficient (Wildman–Crippen LogP) is 3.80. The van der Waals surface area contributed by atoms with Crippen LogP contribution in [0.5, 0.6) is 0 Å². The Morgan fingerprint density at radius 3 is 2.55 bits per heavy atom. The van der Waals surface area contributed by atoms with Gasteiger partial charge in [0.2, 0.25) is 0 Å². The molecule has 1 heterocycles. The largest absolute Gasteiger partial charge is 0.379 e. The topological polar surface area (TPSA) is 58.4 Å².